The summed E-state index contributed by atoms with van der Waals surface area (Å²) in [5, 5.41) is 3.53. The minimum absolute atomic E-state index is 0.303. The molecule has 0 saturated heterocycles. The number of hydrogen-bond donors (Lipinski definition) is 1. The van der Waals surface area contributed by atoms with Crippen LogP contribution in [0.5, 0.6) is 11.5 Å². The van der Waals surface area contributed by atoms with Crippen LogP contribution in [0.1, 0.15) is 24.1 Å². The third-order valence-electron chi connectivity index (χ3n) is 3.41. The van der Waals surface area contributed by atoms with Gasteiger partial charge in [0, 0.05) is 12.6 Å². The van der Waals surface area contributed by atoms with Crippen molar-refractivity contribution in [2.45, 2.75) is 19.5 Å². The van der Waals surface area contributed by atoms with E-state index >= 15 is 0 Å². The van der Waals surface area contributed by atoms with Crippen LogP contribution in [0.2, 0.25) is 0 Å². The Morgan fingerprint density at radius 2 is 1.81 bits per heavy atom. The highest BCUT2D eigenvalue weighted by Gasteiger charge is 2.11. The van der Waals surface area contributed by atoms with Gasteiger partial charge in [0.15, 0.2) is 11.5 Å². The summed E-state index contributed by atoms with van der Waals surface area (Å²) in [6, 6.07) is 14.9. The van der Waals surface area contributed by atoms with Crippen molar-refractivity contribution < 1.29 is 9.47 Å². The van der Waals surface area contributed by atoms with E-state index in [9.17, 15) is 0 Å². The van der Waals surface area contributed by atoms with Gasteiger partial charge in [-0.05, 0) is 52.8 Å². The van der Waals surface area contributed by atoms with Crippen LogP contribution in [0.3, 0.4) is 0 Å². The van der Waals surface area contributed by atoms with Gasteiger partial charge >= 0.3 is 0 Å². The standard InChI is InChI=1S/C17H20INO2/c1-12(14-7-5-4-6-8-14)19-11-13-9-15(18)17(21-3)16(10-13)20-2/h4-10,12,19H,11H2,1-3H3/t12-/m1/s1. The maximum Gasteiger partial charge on any atom is 0.174 e. The number of ether oxygens (including phenoxy) is 2. The van der Waals surface area contributed by atoms with Gasteiger partial charge in [0.1, 0.15) is 0 Å². The van der Waals surface area contributed by atoms with Gasteiger partial charge in [0.05, 0.1) is 17.8 Å². The van der Waals surface area contributed by atoms with Crippen molar-refractivity contribution in [1.82, 2.24) is 5.32 Å². The average Bonchev–Trinajstić information content (AvgIpc) is 2.52. The average molecular weight is 397 g/mol. The van der Waals surface area contributed by atoms with Gasteiger partial charge in [0.25, 0.3) is 0 Å². The van der Waals surface area contributed by atoms with E-state index in [0.29, 0.717) is 6.04 Å². The lowest BCUT2D eigenvalue weighted by molar-refractivity contribution is 0.352. The molecule has 1 N–H and O–H groups in total. The second-order valence-electron chi connectivity index (χ2n) is 4.83. The summed E-state index contributed by atoms with van der Waals surface area (Å²) in [6.45, 7) is 2.95. The molecule has 1 atom stereocenters. The van der Waals surface area contributed by atoms with E-state index in [0.717, 1.165) is 21.6 Å². The van der Waals surface area contributed by atoms with Crippen molar-refractivity contribution in [1.29, 1.82) is 0 Å². The van der Waals surface area contributed by atoms with Crippen LogP contribution in [-0.4, -0.2) is 14.2 Å². The van der Waals surface area contributed by atoms with Crippen molar-refractivity contribution in [2.24, 2.45) is 0 Å². The fourth-order valence-electron chi connectivity index (χ4n) is 2.20. The zero-order valence-corrected chi connectivity index (χ0v) is 14.7. The number of rotatable bonds is 6. The third-order valence-corrected chi connectivity index (χ3v) is 4.21. The highest BCUT2D eigenvalue weighted by atomic mass is 127. The van der Waals surface area contributed by atoms with Crippen LogP contribution in [-0.2, 0) is 6.54 Å². The molecule has 0 saturated carbocycles. The first-order chi connectivity index (χ1) is 10.2. The van der Waals surface area contributed by atoms with Gasteiger partial charge in [-0.15, -0.1) is 0 Å². The van der Waals surface area contributed by atoms with Crippen LogP contribution in [0.4, 0.5) is 0 Å². The quantitative estimate of drug-likeness (QED) is 0.743. The van der Waals surface area contributed by atoms with Crippen LogP contribution < -0.4 is 14.8 Å². The van der Waals surface area contributed by atoms with Crippen molar-refractivity contribution in [3.05, 3.63) is 57.2 Å². The smallest absolute Gasteiger partial charge is 0.174 e. The van der Waals surface area contributed by atoms with E-state index in [1.54, 1.807) is 14.2 Å². The summed E-state index contributed by atoms with van der Waals surface area (Å²) in [5.74, 6) is 1.56. The van der Waals surface area contributed by atoms with Crippen LogP contribution in [0, 0.1) is 3.57 Å². The Morgan fingerprint density at radius 1 is 1.10 bits per heavy atom. The maximum atomic E-state index is 5.39. The minimum Gasteiger partial charge on any atom is -0.493 e. The van der Waals surface area contributed by atoms with Crippen molar-refractivity contribution in [3.8, 4) is 11.5 Å². The molecule has 112 valence electrons. The van der Waals surface area contributed by atoms with Gasteiger partial charge in [-0.2, -0.15) is 0 Å². The molecule has 4 heteroatoms. The fraction of sp³-hybridized carbons (Fsp3) is 0.294. The summed E-state index contributed by atoms with van der Waals surface area (Å²) in [5.41, 5.74) is 2.47. The minimum atomic E-state index is 0.303. The fourth-order valence-corrected chi connectivity index (χ4v) is 3.09. The Kier molecular flexibility index (Phi) is 5.87. The molecule has 0 aliphatic rings. The summed E-state index contributed by atoms with van der Waals surface area (Å²) in [7, 11) is 3.33. The van der Waals surface area contributed by atoms with Crippen LogP contribution in [0.15, 0.2) is 42.5 Å². The Balaban J connectivity index is 2.08. The molecule has 21 heavy (non-hydrogen) atoms. The molecular formula is C17H20INO2. The molecular weight excluding hydrogens is 377 g/mol. The molecule has 0 heterocycles. The largest absolute Gasteiger partial charge is 0.493 e. The third kappa shape index (κ3) is 4.11. The summed E-state index contributed by atoms with van der Waals surface area (Å²) >= 11 is 2.27. The molecule has 0 unspecified atom stereocenters. The highest BCUT2D eigenvalue weighted by Crippen LogP contribution is 2.33. The van der Waals surface area contributed by atoms with E-state index in [4.69, 9.17) is 9.47 Å². The molecule has 0 aromatic heterocycles. The van der Waals surface area contributed by atoms with Gasteiger partial charge < -0.3 is 14.8 Å². The summed E-state index contributed by atoms with van der Waals surface area (Å²) in [4.78, 5) is 0. The Hall–Kier alpha value is -1.27. The second kappa shape index (κ2) is 7.66. The number of methoxy groups -OCH3 is 2. The lowest BCUT2D eigenvalue weighted by atomic mass is 10.1. The molecule has 2 rings (SSSR count). The maximum absolute atomic E-state index is 5.39. The van der Waals surface area contributed by atoms with E-state index < -0.39 is 0 Å². The highest BCUT2D eigenvalue weighted by molar-refractivity contribution is 14.1. The topological polar surface area (TPSA) is 30.5 Å². The zero-order chi connectivity index (χ0) is 15.2. The second-order valence-corrected chi connectivity index (χ2v) is 5.99. The number of nitrogens with one attached hydrogen (secondary N) is 1. The first-order valence-electron chi connectivity index (χ1n) is 6.84. The van der Waals surface area contributed by atoms with Gasteiger partial charge in [-0.3, -0.25) is 0 Å². The predicted molar refractivity (Wildman–Crippen MR) is 94.0 cm³/mol. The zero-order valence-electron chi connectivity index (χ0n) is 12.5. The lowest BCUT2D eigenvalue weighted by Gasteiger charge is -2.16. The number of benzene rings is 2. The monoisotopic (exact) mass is 397 g/mol. The van der Waals surface area contributed by atoms with Crippen LogP contribution in [0.25, 0.3) is 0 Å². The molecule has 0 spiro atoms. The van der Waals surface area contributed by atoms with Crippen molar-refractivity contribution in [2.75, 3.05) is 14.2 Å². The molecule has 0 aliphatic carbocycles. The Morgan fingerprint density at radius 3 is 2.43 bits per heavy atom. The normalized spacial score (nSPS) is 12.0. The number of halogens is 1. The lowest BCUT2D eigenvalue weighted by Crippen LogP contribution is -2.18. The molecule has 2 aromatic carbocycles. The van der Waals surface area contributed by atoms with Crippen molar-refractivity contribution in [3.63, 3.8) is 0 Å². The first kappa shape index (κ1) is 16.1. The van der Waals surface area contributed by atoms with E-state index in [-0.39, 0.29) is 0 Å². The van der Waals surface area contributed by atoms with Gasteiger partial charge in [0.2, 0.25) is 0 Å². The summed E-state index contributed by atoms with van der Waals surface area (Å²) in [6.07, 6.45) is 0. The molecule has 3 nitrogen and oxygen atoms in total. The van der Waals surface area contributed by atoms with Gasteiger partial charge in [-0.25, -0.2) is 0 Å². The van der Waals surface area contributed by atoms with E-state index in [1.807, 2.05) is 12.1 Å². The molecule has 0 radical (unpaired) electrons. The predicted octanol–water partition coefficient (Wildman–Crippen LogP) is 4.16. The Labute approximate surface area is 139 Å². The SMILES string of the molecule is COc1cc(CN[C@H](C)c2ccccc2)cc(I)c1OC. The number of hydrogen-bond acceptors (Lipinski definition) is 3. The molecule has 0 aliphatic heterocycles. The molecule has 0 bridgehead atoms. The van der Waals surface area contributed by atoms with Gasteiger partial charge in [-0.1, -0.05) is 30.3 Å². The van der Waals surface area contributed by atoms with E-state index in [2.05, 4.69) is 65.2 Å². The van der Waals surface area contributed by atoms with Crippen LogP contribution >= 0.6 is 22.6 Å². The van der Waals surface area contributed by atoms with Crippen molar-refractivity contribution >= 4 is 22.6 Å². The first-order valence-corrected chi connectivity index (χ1v) is 7.92. The van der Waals surface area contributed by atoms with E-state index in [1.165, 1.54) is 11.1 Å². The molecule has 0 fully saturated rings. The molecule has 2 aromatic rings. The Bertz CT molecular complexity index is 587. The molecule has 0 amide bonds. The summed E-state index contributed by atoms with van der Waals surface area (Å²) < 4.78 is 11.8.